The predicted octanol–water partition coefficient (Wildman–Crippen LogP) is 4.55. The van der Waals surface area contributed by atoms with E-state index in [2.05, 4.69) is 0 Å². The van der Waals surface area contributed by atoms with E-state index in [-0.39, 0.29) is 5.78 Å². The molecule has 1 heterocycles. The van der Waals surface area contributed by atoms with Gasteiger partial charge in [-0.3, -0.25) is 4.79 Å². The van der Waals surface area contributed by atoms with Gasteiger partial charge in [0.15, 0.2) is 5.78 Å². The maximum absolute atomic E-state index is 12.5. The summed E-state index contributed by atoms with van der Waals surface area (Å²) < 4.78 is 5.55. The molecule has 0 saturated carbocycles. The normalized spacial score (nSPS) is 13.5. The molecule has 0 atom stereocenters. The molecule has 1 aliphatic heterocycles. The number of aryl methyl sites for hydroxylation is 1. The molecular formula is C16H12Cl2O2. The molecule has 1 aliphatic rings. The van der Waals surface area contributed by atoms with E-state index in [1.54, 1.807) is 24.3 Å². The molecule has 2 aromatic rings. The van der Waals surface area contributed by atoms with Crippen molar-refractivity contribution in [3.63, 3.8) is 0 Å². The van der Waals surface area contributed by atoms with Crippen LogP contribution in [0.25, 0.3) is 0 Å². The second-order valence-corrected chi connectivity index (χ2v) is 5.55. The molecule has 0 aromatic heterocycles. The van der Waals surface area contributed by atoms with E-state index in [1.165, 1.54) is 0 Å². The molecule has 0 radical (unpaired) electrons. The Labute approximate surface area is 127 Å². The number of rotatable bonds is 2. The number of hydrogen-bond donors (Lipinski definition) is 0. The summed E-state index contributed by atoms with van der Waals surface area (Å²) in [7, 11) is 0. The van der Waals surface area contributed by atoms with Crippen molar-refractivity contribution < 1.29 is 9.53 Å². The minimum absolute atomic E-state index is 0.0584. The van der Waals surface area contributed by atoms with E-state index >= 15 is 0 Å². The summed E-state index contributed by atoms with van der Waals surface area (Å²) in [4.78, 5) is 12.5. The Hall–Kier alpha value is -1.51. The lowest BCUT2D eigenvalue weighted by Gasteiger charge is -2.17. The Morgan fingerprint density at radius 1 is 1.00 bits per heavy atom. The number of fused-ring (bicyclic) bond motifs is 1. The third-order valence-electron chi connectivity index (χ3n) is 3.35. The van der Waals surface area contributed by atoms with E-state index < -0.39 is 0 Å². The van der Waals surface area contributed by atoms with Crippen LogP contribution in [0.1, 0.15) is 27.9 Å². The van der Waals surface area contributed by atoms with Crippen LogP contribution in [-0.4, -0.2) is 12.4 Å². The molecule has 0 fully saturated rings. The van der Waals surface area contributed by atoms with Crippen LogP contribution in [0.2, 0.25) is 10.0 Å². The van der Waals surface area contributed by atoms with Crippen LogP contribution in [0.4, 0.5) is 0 Å². The summed E-state index contributed by atoms with van der Waals surface area (Å²) in [5, 5.41) is 0.834. The number of carbonyl (C=O) groups is 1. The van der Waals surface area contributed by atoms with Crippen molar-refractivity contribution in [3.05, 3.63) is 63.1 Å². The largest absolute Gasteiger partial charge is 0.493 e. The Kier molecular flexibility index (Phi) is 3.68. The Morgan fingerprint density at radius 2 is 1.75 bits per heavy atom. The first-order valence-corrected chi connectivity index (χ1v) is 7.16. The number of carbonyl (C=O) groups excluding carboxylic acids is 1. The van der Waals surface area contributed by atoms with Crippen molar-refractivity contribution in [2.45, 2.75) is 12.8 Å². The molecule has 2 nitrogen and oxygen atoms in total. The molecule has 0 spiro atoms. The lowest BCUT2D eigenvalue weighted by Crippen LogP contribution is -2.10. The molecule has 0 saturated heterocycles. The zero-order valence-electron chi connectivity index (χ0n) is 10.7. The topological polar surface area (TPSA) is 26.3 Å². The second-order valence-electron chi connectivity index (χ2n) is 4.73. The van der Waals surface area contributed by atoms with Crippen LogP contribution in [0.15, 0.2) is 36.4 Å². The highest BCUT2D eigenvalue weighted by molar-refractivity contribution is 6.42. The Morgan fingerprint density at radius 3 is 2.55 bits per heavy atom. The summed E-state index contributed by atoms with van der Waals surface area (Å²) in [6.45, 7) is 0.743. The van der Waals surface area contributed by atoms with Crippen LogP contribution in [0.5, 0.6) is 5.75 Å². The number of halogens is 2. The minimum Gasteiger partial charge on any atom is -0.493 e. The molecule has 4 heteroatoms. The third kappa shape index (κ3) is 2.54. The van der Waals surface area contributed by atoms with Crippen LogP contribution in [0, 0.1) is 0 Å². The lowest BCUT2D eigenvalue weighted by atomic mass is 9.98. The zero-order chi connectivity index (χ0) is 14.1. The van der Waals surface area contributed by atoms with Crippen molar-refractivity contribution >= 4 is 29.0 Å². The number of hydrogen-bond acceptors (Lipinski definition) is 2. The van der Waals surface area contributed by atoms with Gasteiger partial charge in [-0.05, 0) is 54.8 Å². The summed E-state index contributed by atoms with van der Waals surface area (Å²) in [5.41, 5.74) is 2.27. The molecule has 3 rings (SSSR count). The molecule has 0 N–H and O–H groups in total. The smallest absolute Gasteiger partial charge is 0.193 e. The van der Waals surface area contributed by atoms with E-state index in [0.717, 1.165) is 30.8 Å². The molecule has 0 aliphatic carbocycles. The SMILES string of the molecule is O=C(c1ccc(Cl)c(Cl)c1)c1ccc2c(c1)CCCO2. The maximum atomic E-state index is 12.5. The number of ether oxygens (including phenoxy) is 1. The van der Waals surface area contributed by atoms with Gasteiger partial charge in [-0.1, -0.05) is 23.2 Å². The Balaban J connectivity index is 1.95. The molecular weight excluding hydrogens is 295 g/mol. The summed E-state index contributed by atoms with van der Waals surface area (Å²) in [6, 6.07) is 10.5. The molecule has 102 valence electrons. The van der Waals surface area contributed by atoms with Gasteiger partial charge in [-0.2, -0.15) is 0 Å². The average Bonchev–Trinajstić information content (AvgIpc) is 2.49. The highest BCUT2D eigenvalue weighted by Gasteiger charge is 2.15. The zero-order valence-corrected chi connectivity index (χ0v) is 12.2. The van der Waals surface area contributed by atoms with Crippen LogP contribution < -0.4 is 4.74 Å². The molecule has 0 amide bonds. The van der Waals surface area contributed by atoms with E-state index in [4.69, 9.17) is 27.9 Å². The van der Waals surface area contributed by atoms with Gasteiger partial charge in [0, 0.05) is 11.1 Å². The first kappa shape index (κ1) is 13.5. The van der Waals surface area contributed by atoms with Gasteiger partial charge >= 0.3 is 0 Å². The number of benzene rings is 2. The predicted molar refractivity (Wildman–Crippen MR) is 80.2 cm³/mol. The van der Waals surface area contributed by atoms with Crippen molar-refractivity contribution in [1.82, 2.24) is 0 Å². The molecule has 20 heavy (non-hydrogen) atoms. The summed E-state index contributed by atoms with van der Waals surface area (Å²) >= 11 is 11.8. The molecule has 2 aromatic carbocycles. The van der Waals surface area contributed by atoms with Crippen LogP contribution >= 0.6 is 23.2 Å². The van der Waals surface area contributed by atoms with Gasteiger partial charge in [-0.15, -0.1) is 0 Å². The first-order chi connectivity index (χ1) is 9.65. The van der Waals surface area contributed by atoms with Gasteiger partial charge in [0.2, 0.25) is 0 Å². The van der Waals surface area contributed by atoms with Crippen molar-refractivity contribution in [2.24, 2.45) is 0 Å². The fraction of sp³-hybridized carbons (Fsp3) is 0.188. The second kappa shape index (κ2) is 5.47. The maximum Gasteiger partial charge on any atom is 0.193 e. The van der Waals surface area contributed by atoms with Crippen molar-refractivity contribution in [3.8, 4) is 5.75 Å². The monoisotopic (exact) mass is 306 g/mol. The van der Waals surface area contributed by atoms with Crippen molar-refractivity contribution in [1.29, 1.82) is 0 Å². The quantitative estimate of drug-likeness (QED) is 0.761. The fourth-order valence-electron chi connectivity index (χ4n) is 2.31. The highest BCUT2D eigenvalue weighted by Crippen LogP contribution is 2.28. The minimum atomic E-state index is -0.0584. The van der Waals surface area contributed by atoms with E-state index in [0.29, 0.717) is 21.2 Å². The summed E-state index contributed by atoms with van der Waals surface area (Å²) in [6.07, 6.45) is 1.93. The van der Waals surface area contributed by atoms with Crippen LogP contribution in [-0.2, 0) is 6.42 Å². The lowest BCUT2D eigenvalue weighted by molar-refractivity contribution is 0.103. The third-order valence-corrected chi connectivity index (χ3v) is 4.09. The van der Waals surface area contributed by atoms with Gasteiger partial charge in [0.1, 0.15) is 5.75 Å². The van der Waals surface area contributed by atoms with Crippen LogP contribution in [0.3, 0.4) is 0 Å². The average molecular weight is 307 g/mol. The highest BCUT2D eigenvalue weighted by atomic mass is 35.5. The van der Waals surface area contributed by atoms with Gasteiger partial charge in [0.25, 0.3) is 0 Å². The first-order valence-electron chi connectivity index (χ1n) is 6.40. The van der Waals surface area contributed by atoms with Gasteiger partial charge < -0.3 is 4.74 Å². The fourth-order valence-corrected chi connectivity index (χ4v) is 2.60. The molecule has 0 bridgehead atoms. The number of ketones is 1. The van der Waals surface area contributed by atoms with Gasteiger partial charge in [0.05, 0.1) is 16.7 Å². The molecule has 0 unspecified atom stereocenters. The van der Waals surface area contributed by atoms with Crippen molar-refractivity contribution in [2.75, 3.05) is 6.61 Å². The van der Waals surface area contributed by atoms with E-state index in [1.807, 2.05) is 12.1 Å². The Bertz CT molecular complexity index is 680. The summed E-state index contributed by atoms with van der Waals surface area (Å²) in [5.74, 6) is 0.818. The van der Waals surface area contributed by atoms with Gasteiger partial charge in [-0.25, -0.2) is 0 Å². The van der Waals surface area contributed by atoms with E-state index in [9.17, 15) is 4.79 Å². The standard InChI is InChI=1S/C16H12Cl2O2/c17-13-5-3-12(9-14(13)18)16(19)11-4-6-15-10(8-11)2-1-7-20-15/h3-6,8-9H,1-2,7H2.